The molecule has 0 radical (unpaired) electrons. The number of ketones is 1. The molecule has 1 N–H and O–H groups in total. The smallest absolute Gasteiger partial charge is 0.257 e. The summed E-state index contributed by atoms with van der Waals surface area (Å²) < 4.78 is 21.9. The van der Waals surface area contributed by atoms with Crippen LogP contribution in [0.4, 0.5) is 4.39 Å². The fraction of sp³-hybridized carbons (Fsp3) is 0.286. The topological polar surface area (TPSA) is 104 Å². The number of Topliss-reactive ketones (excluding diaryl/α,β-unsaturated/α-hetero) is 1. The lowest BCUT2D eigenvalue weighted by molar-refractivity contribution is -0.154. The van der Waals surface area contributed by atoms with E-state index in [1.54, 1.807) is 36.4 Å². The lowest BCUT2D eigenvalue weighted by Gasteiger charge is -2.43. The van der Waals surface area contributed by atoms with Crippen LogP contribution in [0, 0.1) is 17.1 Å². The number of nitriles is 1. The number of carbonyl (C=O) groups excluding carboxylic acids is 2. The molecule has 1 amide bonds. The third-order valence-electron chi connectivity index (χ3n) is 6.94. The predicted octanol–water partition coefficient (Wildman–Crippen LogP) is 4.74. The summed E-state index contributed by atoms with van der Waals surface area (Å²) in [6.45, 7) is 1.17. The van der Waals surface area contributed by atoms with E-state index in [1.165, 1.54) is 24.1 Å². The zero-order valence-electron chi connectivity index (χ0n) is 19.9. The van der Waals surface area contributed by atoms with Gasteiger partial charge in [-0.1, -0.05) is 23.7 Å². The van der Waals surface area contributed by atoms with Gasteiger partial charge in [0.05, 0.1) is 30.0 Å². The molecule has 1 fully saturated rings. The van der Waals surface area contributed by atoms with Gasteiger partial charge in [0.15, 0.2) is 5.78 Å². The van der Waals surface area contributed by atoms with Crippen LogP contribution in [-0.4, -0.2) is 38.9 Å². The molecule has 5 rings (SSSR count). The highest BCUT2D eigenvalue weighted by Gasteiger charge is 2.51. The third-order valence-corrected chi connectivity index (χ3v) is 7.20. The van der Waals surface area contributed by atoms with Gasteiger partial charge in [-0.3, -0.25) is 19.5 Å². The lowest BCUT2D eigenvalue weighted by Crippen LogP contribution is -2.51. The average molecular weight is 520 g/mol. The van der Waals surface area contributed by atoms with Gasteiger partial charge in [0.1, 0.15) is 11.9 Å². The maximum absolute atomic E-state index is 15.2. The highest BCUT2D eigenvalue weighted by molar-refractivity contribution is 6.30. The van der Waals surface area contributed by atoms with Crippen molar-refractivity contribution in [2.24, 2.45) is 0 Å². The summed E-state index contributed by atoms with van der Waals surface area (Å²) in [6.07, 6.45) is 1.83. The van der Waals surface area contributed by atoms with E-state index in [4.69, 9.17) is 16.3 Å². The number of hydrogen-bond acceptors (Lipinski definition) is 6. The van der Waals surface area contributed by atoms with Crippen molar-refractivity contribution in [3.05, 3.63) is 99.1 Å². The molecule has 0 saturated heterocycles. The number of aliphatic hydroxyl groups is 1. The molecular formula is C28H23ClFN3O4. The minimum Gasteiger partial charge on any atom is -0.393 e. The third kappa shape index (κ3) is 4.40. The minimum atomic E-state index is -1.63. The quantitative estimate of drug-likeness (QED) is 0.472. The molecule has 37 heavy (non-hydrogen) atoms. The second kappa shape index (κ2) is 9.67. The number of pyridine rings is 1. The number of halogens is 2. The largest absolute Gasteiger partial charge is 0.393 e. The number of fused-ring (bicyclic) bond motifs is 1. The summed E-state index contributed by atoms with van der Waals surface area (Å²) >= 11 is 6.18. The number of rotatable bonds is 6. The van der Waals surface area contributed by atoms with Gasteiger partial charge in [0, 0.05) is 33.5 Å². The Hall–Kier alpha value is -3.64. The zero-order chi connectivity index (χ0) is 26.3. The molecule has 0 bridgehead atoms. The molecule has 188 valence electrons. The van der Waals surface area contributed by atoms with E-state index in [9.17, 15) is 20.0 Å². The number of carbonyl (C=O) groups is 2. The Morgan fingerprint density at radius 3 is 2.59 bits per heavy atom. The summed E-state index contributed by atoms with van der Waals surface area (Å²) in [7, 11) is 0. The molecule has 9 heteroatoms. The Bertz CT molecular complexity index is 1420. The van der Waals surface area contributed by atoms with Crippen LogP contribution in [0.25, 0.3) is 0 Å². The fourth-order valence-corrected chi connectivity index (χ4v) is 5.18. The van der Waals surface area contributed by atoms with Crippen LogP contribution >= 0.6 is 11.6 Å². The first-order valence-electron chi connectivity index (χ1n) is 11.9. The molecule has 1 saturated carbocycles. The van der Waals surface area contributed by atoms with E-state index in [-0.39, 0.29) is 29.0 Å². The van der Waals surface area contributed by atoms with Gasteiger partial charge in [-0.15, -0.1) is 0 Å². The molecule has 2 heterocycles. The molecule has 2 aliphatic rings. The summed E-state index contributed by atoms with van der Waals surface area (Å²) in [5, 5.41) is 20.0. The van der Waals surface area contributed by atoms with Gasteiger partial charge in [0.2, 0.25) is 5.72 Å². The summed E-state index contributed by atoms with van der Waals surface area (Å²) in [4.78, 5) is 31.9. The van der Waals surface area contributed by atoms with Gasteiger partial charge in [-0.05, 0) is 62.6 Å². The Kier molecular flexibility index (Phi) is 6.54. The Balaban J connectivity index is 1.73. The van der Waals surface area contributed by atoms with Crippen molar-refractivity contribution in [3.8, 4) is 6.07 Å². The lowest BCUT2D eigenvalue weighted by atomic mass is 9.95. The molecule has 1 aliphatic heterocycles. The van der Waals surface area contributed by atoms with Crippen LogP contribution in [0.2, 0.25) is 5.02 Å². The maximum Gasteiger partial charge on any atom is 0.257 e. The number of amides is 1. The van der Waals surface area contributed by atoms with Crippen LogP contribution in [0.5, 0.6) is 0 Å². The predicted molar refractivity (Wildman–Crippen MR) is 132 cm³/mol. The van der Waals surface area contributed by atoms with E-state index < -0.39 is 29.7 Å². The molecule has 1 aromatic heterocycles. The molecule has 1 aliphatic carbocycles. The normalized spacial score (nSPS) is 20.4. The molecular weight excluding hydrogens is 497 g/mol. The van der Waals surface area contributed by atoms with Crippen LogP contribution in [0.1, 0.15) is 69.3 Å². The van der Waals surface area contributed by atoms with E-state index in [2.05, 4.69) is 4.98 Å². The first-order chi connectivity index (χ1) is 17.7. The van der Waals surface area contributed by atoms with Crippen LogP contribution in [-0.2, 0) is 17.0 Å². The average Bonchev–Trinajstić information content (AvgIpc) is 3.46. The summed E-state index contributed by atoms with van der Waals surface area (Å²) in [5.41, 5.74) is -0.165. The van der Waals surface area contributed by atoms with E-state index >= 15 is 4.39 Å². The van der Waals surface area contributed by atoms with Crippen molar-refractivity contribution in [2.75, 3.05) is 0 Å². The van der Waals surface area contributed by atoms with E-state index in [0.29, 0.717) is 41.1 Å². The zero-order valence-corrected chi connectivity index (χ0v) is 20.7. The van der Waals surface area contributed by atoms with Crippen molar-refractivity contribution >= 4 is 23.3 Å². The monoisotopic (exact) mass is 519 g/mol. The molecule has 2 aromatic carbocycles. The van der Waals surface area contributed by atoms with Crippen molar-refractivity contribution in [3.63, 3.8) is 0 Å². The van der Waals surface area contributed by atoms with Crippen molar-refractivity contribution in [1.29, 1.82) is 5.26 Å². The van der Waals surface area contributed by atoms with Gasteiger partial charge < -0.3 is 9.84 Å². The van der Waals surface area contributed by atoms with E-state index in [0.717, 1.165) is 6.07 Å². The summed E-state index contributed by atoms with van der Waals surface area (Å²) in [5.74, 6) is -1.55. The Labute approximate surface area is 218 Å². The molecule has 3 unspecified atom stereocenters. The molecule has 3 atom stereocenters. The number of ether oxygens (including phenoxy) is 1. The second-order valence-electron chi connectivity index (χ2n) is 9.33. The molecule has 0 spiro atoms. The van der Waals surface area contributed by atoms with Crippen LogP contribution in [0.3, 0.4) is 0 Å². The fourth-order valence-electron chi connectivity index (χ4n) is 5.06. The van der Waals surface area contributed by atoms with Crippen molar-refractivity contribution < 1.29 is 23.8 Å². The number of aromatic nitrogens is 1. The summed E-state index contributed by atoms with van der Waals surface area (Å²) in [6, 6.07) is 14.5. The van der Waals surface area contributed by atoms with Crippen LogP contribution < -0.4 is 0 Å². The van der Waals surface area contributed by atoms with Gasteiger partial charge in [0.25, 0.3) is 5.91 Å². The molecule has 3 aromatic rings. The van der Waals surface area contributed by atoms with Crippen LogP contribution in [0.15, 0.2) is 54.7 Å². The number of aliphatic hydroxyl groups excluding tert-OH is 1. The number of benzene rings is 2. The highest BCUT2D eigenvalue weighted by Crippen LogP contribution is 2.45. The first-order valence-corrected chi connectivity index (χ1v) is 12.2. The maximum atomic E-state index is 15.2. The van der Waals surface area contributed by atoms with Gasteiger partial charge in [-0.2, -0.15) is 5.26 Å². The SMILES string of the molecule is CC(=O)c1cc(F)c2c(c1)C(=O)N(C(OC1CCC(O)C1)(c1ccc(Cl)cc1)c1ccc(C#N)cn1)C2. The Morgan fingerprint density at radius 2 is 2.00 bits per heavy atom. The number of nitrogens with zero attached hydrogens (tertiary/aromatic N) is 3. The molecule has 7 nitrogen and oxygen atoms in total. The second-order valence-corrected chi connectivity index (χ2v) is 9.77. The van der Waals surface area contributed by atoms with Gasteiger partial charge in [-0.25, -0.2) is 4.39 Å². The minimum absolute atomic E-state index is 0.0761. The highest BCUT2D eigenvalue weighted by atomic mass is 35.5. The van der Waals surface area contributed by atoms with Crippen molar-refractivity contribution in [1.82, 2.24) is 9.88 Å². The standard InChI is InChI=1S/C28H23ClFN3O4/c1-16(34)18-10-23-24(25(30)11-18)15-33(27(23)36)28(19-3-5-20(29)6-4-19,37-22-8-7-21(35)12-22)26-9-2-17(13-31)14-32-26/h2-6,9-11,14,21-22,35H,7-8,12,15H2,1H3. The Morgan fingerprint density at radius 1 is 1.24 bits per heavy atom. The van der Waals surface area contributed by atoms with Crippen molar-refractivity contribution in [2.45, 2.75) is 50.7 Å². The number of hydrogen-bond donors (Lipinski definition) is 1. The van der Waals surface area contributed by atoms with Gasteiger partial charge >= 0.3 is 0 Å². The first kappa shape index (κ1) is 25.0. The van der Waals surface area contributed by atoms with E-state index in [1.807, 2.05) is 6.07 Å².